The lowest BCUT2D eigenvalue weighted by atomic mass is 9.79. The first kappa shape index (κ1) is 9.56. The number of hydrogen-bond donors (Lipinski definition) is 0. The monoisotopic (exact) mass is 192 g/mol. The fourth-order valence-electron chi connectivity index (χ4n) is 1.44. The highest BCUT2D eigenvalue weighted by atomic mass is 16.6. The fraction of sp³-hybridized carbons (Fsp3) is 0.400. The molecular formula is C10H13BO3. The van der Waals surface area contributed by atoms with Crippen molar-refractivity contribution in [3.8, 4) is 5.75 Å². The van der Waals surface area contributed by atoms with Crippen molar-refractivity contribution in [2.45, 2.75) is 6.92 Å². The van der Waals surface area contributed by atoms with Crippen LogP contribution in [0.5, 0.6) is 5.75 Å². The Morgan fingerprint density at radius 1 is 1.21 bits per heavy atom. The second-order valence-electron chi connectivity index (χ2n) is 3.08. The van der Waals surface area contributed by atoms with Gasteiger partial charge < -0.3 is 14.0 Å². The molecule has 0 N–H and O–H groups in total. The Bertz CT molecular complexity index is 280. The van der Waals surface area contributed by atoms with Crippen LogP contribution in [0.3, 0.4) is 0 Å². The van der Waals surface area contributed by atoms with Gasteiger partial charge in [-0.2, -0.15) is 0 Å². The van der Waals surface area contributed by atoms with E-state index in [1.807, 2.05) is 31.2 Å². The largest absolute Gasteiger partial charge is 0.494 e. The lowest BCUT2D eigenvalue weighted by molar-refractivity contribution is 0.340. The van der Waals surface area contributed by atoms with Gasteiger partial charge in [-0.05, 0) is 24.5 Å². The first-order chi connectivity index (χ1) is 6.90. The van der Waals surface area contributed by atoms with Gasteiger partial charge in [-0.3, -0.25) is 0 Å². The van der Waals surface area contributed by atoms with Gasteiger partial charge in [0.15, 0.2) is 0 Å². The van der Waals surface area contributed by atoms with Crippen LogP contribution in [0, 0.1) is 0 Å². The molecule has 0 spiro atoms. The summed E-state index contributed by atoms with van der Waals surface area (Å²) in [6.07, 6.45) is 0. The van der Waals surface area contributed by atoms with Crippen LogP contribution < -0.4 is 10.2 Å². The van der Waals surface area contributed by atoms with Gasteiger partial charge in [-0.1, -0.05) is 12.1 Å². The number of benzene rings is 1. The Balaban J connectivity index is 2.05. The summed E-state index contributed by atoms with van der Waals surface area (Å²) in [7, 11) is -0.189. The first-order valence-electron chi connectivity index (χ1n) is 4.86. The molecule has 1 aliphatic heterocycles. The van der Waals surface area contributed by atoms with E-state index in [1.54, 1.807) is 0 Å². The van der Waals surface area contributed by atoms with Crippen molar-refractivity contribution < 1.29 is 14.0 Å². The highest BCUT2D eigenvalue weighted by Crippen LogP contribution is 2.09. The zero-order valence-corrected chi connectivity index (χ0v) is 8.23. The minimum absolute atomic E-state index is 0.189. The van der Waals surface area contributed by atoms with Crippen molar-refractivity contribution in [1.82, 2.24) is 0 Å². The van der Waals surface area contributed by atoms with Crippen LogP contribution in [0.1, 0.15) is 6.92 Å². The van der Waals surface area contributed by atoms with Gasteiger partial charge in [0.1, 0.15) is 5.75 Å². The summed E-state index contributed by atoms with van der Waals surface area (Å²) in [6.45, 7) is 4.02. The summed E-state index contributed by atoms with van der Waals surface area (Å²) in [5, 5.41) is 0. The standard InChI is InChI=1S/C10H13BO3/c1-2-12-10-5-3-9(4-6-10)11-13-7-8-14-11/h3-6H,2,7-8H2,1H3. The van der Waals surface area contributed by atoms with Crippen molar-refractivity contribution in [2.24, 2.45) is 0 Å². The lowest BCUT2D eigenvalue weighted by Gasteiger charge is -2.06. The molecule has 14 heavy (non-hydrogen) atoms. The predicted octanol–water partition coefficient (Wildman–Crippen LogP) is 0.827. The molecule has 2 rings (SSSR count). The molecule has 1 saturated heterocycles. The van der Waals surface area contributed by atoms with Gasteiger partial charge in [-0.25, -0.2) is 0 Å². The predicted molar refractivity (Wildman–Crippen MR) is 54.9 cm³/mol. The Morgan fingerprint density at radius 3 is 2.43 bits per heavy atom. The van der Waals surface area contributed by atoms with Crippen molar-refractivity contribution in [1.29, 1.82) is 0 Å². The van der Waals surface area contributed by atoms with Gasteiger partial charge in [0.25, 0.3) is 0 Å². The van der Waals surface area contributed by atoms with E-state index >= 15 is 0 Å². The molecule has 1 aromatic rings. The fourth-order valence-corrected chi connectivity index (χ4v) is 1.44. The van der Waals surface area contributed by atoms with Crippen LogP contribution in [0.15, 0.2) is 24.3 Å². The van der Waals surface area contributed by atoms with Gasteiger partial charge in [0.2, 0.25) is 0 Å². The zero-order chi connectivity index (χ0) is 9.80. The molecule has 1 fully saturated rings. The summed E-state index contributed by atoms with van der Waals surface area (Å²) in [4.78, 5) is 0. The van der Waals surface area contributed by atoms with Gasteiger partial charge >= 0.3 is 7.12 Å². The maximum absolute atomic E-state index is 5.38. The van der Waals surface area contributed by atoms with Crippen LogP contribution in [0.25, 0.3) is 0 Å². The van der Waals surface area contributed by atoms with Crippen LogP contribution in [0.4, 0.5) is 0 Å². The van der Waals surface area contributed by atoms with E-state index in [4.69, 9.17) is 14.0 Å². The highest BCUT2D eigenvalue weighted by molar-refractivity contribution is 6.61. The normalized spacial score (nSPS) is 15.9. The molecule has 0 aromatic heterocycles. The molecule has 0 unspecified atom stereocenters. The molecular weight excluding hydrogens is 179 g/mol. The third kappa shape index (κ3) is 2.08. The number of hydrogen-bond acceptors (Lipinski definition) is 3. The maximum atomic E-state index is 5.38. The first-order valence-corrected chi connectivity index (χ1v) is 4.86. The third-order valence-corrected chi connectivity index (χ3v) is 2.09. The quantitative estimate of drug-likeness (QED) is 0.663. The maximum Gasteiger partial charge on any atom is 0.494 e. The summed E-state index contributed by atoms with van der Waals surface area (Å²) < 4.78 is 16.1. The van der Waals surface area contributed by atoms with Gasteiger partial charge in [0, 0.05) is 0 Å². The van der Waals surface area contributed by atoms with Crippen LogP contribution in [-0.4, -0.2) is 26.9 Å². The SMILES string of the molecule is CCOc1ccc(B2OCCO2)cc1. The second-order valence-corrected chi connectivity index (χ2v) is 3.08. The molecule has 3 nitrogen and oxygen atoms in total. The van der Waals surface area contributed by atoms with Crippen molar-refractivity contribution >= 4 is 12.6 Å². The average molecular weight is 192 g/mol. The minimum Gasteiger partial charge on any atom is -0.494 e. The van der Waals surface area contributed by atoms with Gasteiger partial charge in [-0.15, -0.1) is 0 Å². The van der Waals surface area contributed by atoms with Crippen LogP contribution >= 0.6 is 0 Å². The van der Waals surface area contributed by atoms with Crippen LogP contribution in [-0.2, 0) is 9.31 Å². The second kappa shape index (κ2) is 4.48. The molecule has 0 saturated carbocycles. The Labute approximate surface area is 84.1 Å². The number of ether oxygens (including phenoxy) is 1. The summed E-state index contributed by atoms with van der Waals surface area (Å²) in [6, 6.07) is 7.82. The molecule has 1 aromatic carbocycles. The average Bonchev–Trinajstić information content (AvgIpc) is 2.72. The smallest absolute Gasteiger partial charge is 0.494 e. The lowest BCUT2D eigenvalue weighted by Crippen LogP contribution is -2.31. The molecule has 74 valence electrons. The van der Waals surface area contributed by atoms with Crippen molar-refractivity contribution in [3.63, 3.8) is 0 Å². The Kier molecular flexibility index (Phi) is 3.06. The Hall–Kier alpha value is -0.995. The summed E-state index contributed by atoms with van der Waals surface area (Å²) in [5.41, 5.74) is 1.05. The number of rotatable bonds is 3. The van der Waals surface area contributed by atoms with Crippen LogP contribution in [0.2, 0.25) is 0 Å². The van der Waals surface area contributed by atoms with E-state index in [0.29, 0.717) is 19.8 Å². The molecule has 0 atom stereocenters. The van der Waals surface area contributed by atoms with E-state index in [-0.39, 0.29) is 7.12 Å². The molecule has 0 radical (unpaired) electrons. The Morgan fingerprint density at radius 2 is 1.86 bits per heavy atom. The van der Waals surface area contributed by atoms with E-state index in [2.05, 4.69) is 0 Å². The van der Waals surface area contributed by atoms with E-state index in [0.717, 1.165) is 11.2 Å². The van der Waals surface area contributed by atoms with E-state index in [1.165, 1.54) is 0 Å². The topological polar surface area (TPSA) is 27.7 Å². The van der Waals surface area contributed by atoms with E-state index in [9.17, 15) is 0 Å². The third-order valence-electron chi connectivity index (χ3n) is 2.09. The highest BCUT2D eigenvalue weighted by Gasteiger charge is 2.25. The molecule has 4 heteroatoms. The minimum atomic E-state index is -0.189. The van der Waals surface area contributed by atoms with E-state index < -0.39 is 0 Å². The molecule has 1 aliphatic rings. The molecule has 0 amide bonds. The molecule has 1 heterocycles. The molecule has 0 bridgehead atoms. The summed E-state index contributed by atoms with van der Waals surface area (Å²) in [5.74, 6) is 0.884. The summed E-state index contributed by atoms with van der Waals surface area (Å²) >= 11 is 0. The zero-order valence-electron chi connectivity index (χ0n) is 8.23. The van der Waals surface area contributed by atoms with Crippen molar-refractivity contribution in [3.05, 3.63) is 24.3 Å². The van der Waals surface area contributed by atoms with Gasteiger partial charge in [0.05, 0.1) is 19.8 Å². The van der Waals surface area contributed by atoms with Crippen molar-refractivity contribution in [2.75, 3.05) is 19.8 Å². The molecule has 0 aliphatic carbocycles.